The topological polar surface area (TPSA) is 103 Å². The third kappa shape index (κ3) is 7.62. The first-order valence-corrected chi connectivity index (χ1v) is 7.51. The Morgan fingerprint density at radius 2 is 1.96 bits per heavy atom. The van der Waals surface area contributed by atoms with Crippen LogP contribution in [0.15, 0.2) is 18.2 Å². The summed E-state index contributed by atoms with van der Waals surface area (Å²) in [5.41, 5.74) is 7.12. The Hall–Kier alpha value is -2.12. The highest BCUT2D eigenvalue weighted by Crippen LogP contribution is 2.20. The number of amides is 2. The third-order valence-electron chi connectivity index (χ3n) is 3.08. The maximum absolute atomic E-state index is 11.7. The van der Waals surface area contributed by atoms with E-state index in [4.69, 9.17) is 15.2 Å². The predicted octanol–water partition coefficient (Wildman–Crippen LogP) is 0.101. The van der Waals surface area contributed by atoms with Crippen LogP contribution in [0.5, 0.6) is 5.75 Å². The van der Waals surface area contributed by atoms with Crippen molar-refractivity contribution in [2.45, 2.75) is 19.9 Å². The number of methoxy groups -OCH3 is 1. The largest absolute Gasteiger partial charge is 0.493 e. The Morgan fingerprint density at radius 1 is 1.17 bits per heavy atom. The van der Waals surface area contributed by atoms with Gasteiger partial charge in [0.1, 0.15) is 5.75 Å². The molecular formula is C16H25N3O4. The van der Waals surface area contributed by atoms with Gasteiger partial charge in [-0.1, -0.05) is 12.1 Å². The van der Waals surface area contributed by atoms with Gasteiger partial charge in [0.2, 0.25) is 11.8 Å². The number of hydrogen-bond donors (Lipinski definition) is 3. The van der Waals surface area contributed by atoms with Gasteiger partial charge in [0.25, 0.3) is 0 Å². The van der Waals surface area contributed by atoms with Gasteiger partial charge in [-0.05, 0) is 18.6 Å². The molecule has 0 heterocycles. The molecule has 7 heteroatoms. The van der Waals surface area contributed by atoms with E-state index in [0.717, 1.165) is 23.3 Å². The van der Waals surface area contributed by atoms with Gasteiger partial charge in [-0.2, -0.15) is 0 Å². The Morgan fingerprint density at radius 3 is 2.65 bits per heavy atom. The van der Waals surface area contributed by atoms with Crippen molar-refractivity contribution in [3.63, 3.8) is 0 Å². The van der Waals surface area contributed by atoms with Gasteiger partial charge in [0.05, 0.1) is 19.7 Å². The molecule has 0 aromatic heterocycles. The molecule has 0 radical (unpaired) electrons. The number of aryl methyl sites for hydroxylation is 1. The van der Waals surface area contributed by atoms with Crippen LogP contribution >= 0.6 is 0 Å². The van der Waals surface area contributed by atoms with Crippen molar-refractivity contribution in [2.75, 3.05) is 33.4 Å². The fourth-order valence-electron chi connectivity index (χ4n) is 1.83. The maximum Gasteiger partial charge on any atom is 0.239 e. The molecule has 0 aliphatic carbocycles. The first kappa shape index (κ1) is 18.9. The van der Waals surface area contributed by atoms with E-state index in [1.807, 2.05) is 25.1 Å². The fraction of sp³-hybridized carbons (Fsp3) is 0.500. The zero-order valence-corrected chi connectivity index (χ0v) is 13.7. The molecule has 4 N–H and O–H groups in total. The molecule has 0 unspecified atom stereocenters. The zero-order chi connectivity index (χ0) is 17.1. The van der Waals surface area contributed by atoms with Crippen molar-refractivity contribution in [3.05, 3.63) is 29.3 Å². The van der Waals surface area contributed by atoms with E-state index in [-0.39, 0.29) is 24.9 Å². The Bertz CT molecular complexity index is 520. The minimum Gasteiger partial charge on any atom is -0.493 e. The molecule has 0 aliphatic heterocycles. The minimum atomic E-state index is -0.363. The van der Waals surface area contributed by atoms with Crippen molar-refractivity contribution in [1.82, 2.24) is 10.6 Å². The second-order valence-corrected chi connectivity index (χ2v) is 5.06. The van der Waals surface area contributed by atoms with Crippen LogP contribution in [0, 0.1) is 6.92 Å². The van der Waals surface area contributed by atoms with Crippen molar-refractivity contribution in [3.8, 4) is 5.75 Å². The summed E-state index contributed by atoms with van der Waals surface area (Å²) in [5, 5.41) is 5.16. The van der Waals surface area contributed by atoms with E-state index in [0.29, 0.717) is 19.8 Å². The molecule has 1 aromatic carbocycles. The molecular weight excluding hydrogens is 298 g/mol. The van der Waals surface area contributed by atoms with Crippen LogP contribution < -0.4 is 21.1 Å². The molecule has 0 bridgehead atoms. The highest BCUT2D eigenvalue weighted by molar-refractivity contribution is 5.85. The molecule has 23 heavy (non-hydrogen) atoms. The minimum absolute atomic E-state index is 0.0913. The van der Waals surface area contributed by atoms with E-state index in [1.54, 1.807) is 7.11 Å². The number of benzene rings is 1. The third-order valence-corrected chi connectivity index (χ3v) is 3.08. The first-order chi connectivity index (χ1) is 11.1. The molecule has 0 aliphatic rings. The van der Waals surface area contributed by atoms with Crippen LogP contribution in [-0.4, -0.2) is 45.2 Å². The maximum atomic E-state index is 11.7. The van der Waals surface area contributed by atoms with E-state index in [2.05, 4.69) is 10.6 Å². The molecule has 7 nitrogen and oxygen atoms in total. The van der Waals surface area contributed by atoms with Crippen molar-refractivity contribution >= 4 is 11.8 Å². The van der Waals surface area contributed by atoms with Gasteiger partial charge in [-0.25, -0.2) is 0 Å². The molecule has 128 valence electrons. The number of hydrogen-bond acceptors (Lipinski definition) is 5. The lowest BCUT2D eigenvalue weighted by Crippen LogP contribution is -2.39. The van der Waals surface area contributed by atoms with E-state index in [1.165, 1.54) is 0 Å². The Balaban J connectivity index is 2.51. The monoisotopic (exact) mass is 323 g/mol. The number of carbonyl (C=O) groups excluding carboxylic acids is 2. The highest BCUT2D eigenvalue weighted by Gasteiger charge is 2.08. The molecule has 0 saturated heterocycles. The van der Waals surface area contributed by atoms with Crippen LogP contribution in [-0.2, 0) is 20.9 Å². The number of nitrogens with one attached hydrogen (secondary N) is 2. The average Bonchev–Trinajstić information content (AvgIpc) is 2.55. The molecule has 0 saturated carbocycles. The Kier molecular flexibility index (Phi) is 8.71. The summed E-state index contributed by atoms with van der Waals surface area (Å²) in [5.74, 6) is 0.0998. The lowest BCUT2D eigenvalue weighted by atomic mass is 10.1. The van der Waals surface area contributed by atoms with Gasteiger partial charge < -0.3 is 25.8 Å². The van der Waals surface area contributed by atoms with Crippen LogP contribution in [0.1, 0.15) is 17.5 Å². The lowest BCUT2D eigenvalue weighted by molar-refractivity contribution is -0.125. The van der Waals surface area contributed by atoms with Crippen molar-refractivity contribution < 1.29 is 19.1 Å². The molecule has 1 rings (SSSR count). The predicted molar refractivity (Wildman–Crippen MR) is 87.1 cm³/mol. The summed E-state index contributed by atoms with van der Waals surface area (Å²) < 4.78 is 10.7. The molecule has 2 amide bonds. The highest BCUT2D eigenvalue weighted by atomic mass is 16.5. The smallest absolute Gasteiger partial charge is 0.239 e. The molecule has 1 aromatic rings. The normalized spacial score (nSPS) is 10.2. The number of rotatable bonds is 10. The van der Waals surface area contributed by atoms with Gasteiger partial charge in [0.15, 0.2) is 0 Å². The summed E-state index contributed by atoms with van der Waals surface area (Å²) in [6, 6.07) is 5.81. The number of nitrogens with two attached hydrogens (primary N) is 1. The van der Waals surface area contributed by atoms with Gasteiger partial charge in [0, 0.05) is 32.2 Å². The number of ether oxygens (including phenoxy) is 2. The molecule has 0 atom stereocenters. The van der Waals surface area contributed by atoms with E-state index in [9.17, 15) is 9.59 Å². The van der Waals surface area contributed by atoms with Gasteiger partial charge in [-0.15, -0.1) is 0 Å². The van der Waals surface area contributed by atoms with E-state index >= 15 is 0 Å². The van der Waals surface area contributed by atoms with Gasteiger partial charge >= 0.3 is 0 Å². The summed E-state index contributed by atoms with van der Waals surface area (Å²) in [7, 11) is 1.65. The summed E-state index contributed by atoms with van der Waals surface area (Å²) in [6.07, 6.45) is 0.793. The summed E-state index contributed by atoms with van der Waals surface area (Å²) in [4.78, 5) is 22.7. The molecule has 0 spiro atoms. The molecule has 0 fully saturated rings. The number of carbonyl (C=O) groups is 2. The standard InChI is InChI=1S/C16H25N3O4/c1-12-4-5-13(14(8-12)23-7-3-6-22-2)10-18-16(21)11-19-15(20)9-17/h4-5,8H,3,6-7,9-11,17H2,1-2H3,(H,18,21)(H,19,20). The lowest BCUT2D eigenvalue weighted by Gasteiger charge is -2.13. The average molecular weight is 323 g/mol. The van der Waals surface area contributed by atoms with Crippen LogP contribution in [0.25, 0.3) is 0 Å². The Labute approximate surface area is 136 Å². The van der Waals surface area contributed by atoms with Crippen LogP contribution in [0.4, 0.5) is 0 Å². The first-order valence-electron chi connectivity index (χ1n) is 7.51. The second-order valence-electron chi connectivity index (χ2n) is 5.06. The van der Waals surface area contributed by atoms with Crippen LogP contribution in [0.3, 0.4) is 0 Å². The SMILES string of the molecule is COCCCOc1cc(C)ccc1CNC(=O)CNC(=O)CN. The second kappa shape index (κ2) is 10.6. The quantitative estimate of drug-likeness (QED) is 0.530. The van der Waals surface area contributed by atoms with Crippen molar-refractivity contribution in [1.29, 1.82) is 0 Å². The zero-order valence-electron chi connectivity index (χ0n) is 13.7. The summed E-state index contributed by atoms with van der Waals surface area (Å²) >= 11 is 0. The van der Waals surface area contributed by atoms with Gasteiger partial charge in [-0.3, -0.25) is 9.59 Å². The van der Waals surface area contributed by atoms with E-state index < -0.39 is 0 Å². The summed E-state index contributed by atoms with van der Waals surface area (Å²) in [6.45, 7) is 3.27. The fourth-order valence-corrected chi connectivity index (χ4v) is 1.83. The van der Waals surface area contributed by atoms with Crippen molar-refractivity contribution in [2.24, 2.45) is 5.73 Å². The van der Waals surface area contributed by atoms with Crippen LogP contribution in [0.2, 0.25) is 0 Å².